The molecule has 0 radical (unpaired) electrons. The van der Waals surface area contributed by atoms with Crippen LogP contribution in [-0.2, 0) is 0 Å². The molecule has 82 valence electrons. The quantitative estimate of drug-likeness (QED) is 0.794. The van der Waals surface area contributed by atoms with E-state index in [2.05, 4.69) is 9.97 Å². The first kappa shape index (κ1) is 11.7. The van der Waals surface area contributed by atoms with E-state index in [4.69, 9.17) is 11.6 Å². The second-order valence-corrected chi connectivity index (χ2v) is 2.88. The smallest absolute Gasteiger partial charge is 0.343 e. The largest absolute Gasteiger partial charge is 0.405 e. The second kappa shape index (κ2) is 4.43. The molecule has 0 saturated carbocycles. The van der Waals surface area contributed by atoms with E-state index in [1.807, 2.05) is 0 Å². The average molecular weight is 240 g/mol. The van der Waals surface area contributed by atoms with Gasteiger partial charge in [0.2, 0.25) is 5.28 Å². The molecule has 1 heterocycles. The molecule has 0 aliphatic heterocycles. The summed E-state index contributed by atoms with van der Waals surface area (Å²) < 4.78 is 35.2. The first-order chi connectivity index (χ1) is 6.88. The van der Waals surface area contributed by atoms with E-state index in [0.29, 0.717) is 0 Å². The summed E-state index contributed by atoms with van der Waals surface area (Å²) in [5.41, 5.74) is -0.0800. The van der Waals surface area contributed by atoms with Crippen LogP contribution in [0.3, 0.4) is 0 Å². The minimum atomic E-state index is -4.44. The van der Waals surface area contributed by atoms with Crippen molar-refractivity contribution in [2.24, 2.45) is 0 Å². The summed E-state index contributed by atoms with van der Waals surface area (Å²) in [5.74, 6) is -0.899. The molecule has 1 aromatic rings. The monoisotopic (exact) mass is 239 g/mol. The highest BCUT2D eigenvalue weighted by molar-refractivity contribution is 6.28. The SMILES string of the molecule is O=C(NCC(F)(F)F)c1cnc(Cl)nc1. The number of aromatic nitrogens is 2. The summed E-state index contributed by atoms with van der Waals surface area (Å²) >= 11 is 5.33. The molecule has 0 atom stereocenters. The van der Waals surface area contributed by atoms with Crippen LogP contribution in [0.4, 0.5) is 13.2 Å². The van der Waals surface area contributed by atoms with Crippen LogP contribution in [-0.4, -0.2) is 28.6 Å². The molecule has 1 aromatic heterocycles. The maximum atomic E-state index is 11.7. The van der Waals surface area contributed by atoms with Gasteiger partial charge in [-0.05, 0) is 11.6 Å². The van der Waals surface area contributed by atoms with Gasteiger partial charge in [-0.1, -0.05) is 0 Å². The van der Waals surface area contributed by atoms with Crippen molar-refractivity contribution in [3.8, 4) is 0 Å². The van der Waals surface area contributed by atoms with Crippen LogP contribution < -0.4 is 5.32 Å². The summed E-state index contributed by atoms with van der Waals surface area (Å²) in [6, 6.07) is 0. The van der Waals surface area contributed by atoms with Crippen LogP contribution in [0.1, 0.15) is 10.4 Å². The van der Waals surface area contributed by atoms with Crippen molar-refractivity contribution >= 4 is 17.5 Å². The third-order valence-electron chi connectivity index (χ3n) is 1.33. The topological polar surface area (TPSA) is 54.9 Å². The molecule has 0 aliphatic carbocycles. The third kappa shape index (κ3) is 4.11. The maximum Gasteiger partial charge on any atom is 0.405 e. The van der Waals surface area contributed by atoms with Gasteiger partial charge in [-0.25, -0.2) is 9.97 Å². The predicted molar refractivity (Wildman–Crippen MR) is 45.4 cm³/mol. The molecule has 0 aliphatic rings. The molecule has 1 N–H and O–H groups in total. The number of amides is 1. The average Bonchev–Trinajstić information content (AvgIpc) is 2.14. The number of halogens is 4. The van der Waals surface area contributed by atoms with E-state index in [0.717, 1.165) is 12.4 Å². The third-order valence-corrected chi connectivity index (χ3v) is 1.53. The number of rotatable bonds is 2. The van der Waals surface area contributed by atoms with Gasteiger partial charge in [-0.2, -0.15) is 13.2 Å². The first-order valence-corrected chi connectivity index (χ1v) is 4.09. The van der Waals surface area contributed by atoms with Gasteiger partial charge in [0, 0.05) is 12.4 Å². The fraction of sp³-hybridized carbons (Fsp3) is 0.286. The molecule has 1 amide bonds. The lowest BCUT2D eigenvalue weighted by Crippen LogP contribution is -2.33. The van der Waals surface area contributed by atoms with Crippen molar-refractivity contribution in [1.82, 2.24) is 15.3 Å². The fourth-order valence-electron chi connectivity index (χ4n) is 0.712. The van der Waals surface area contributed by atoms with Crippen LogP contribution in [0.5, 0.6) is 0 Å². The summed E-state index contributed by atoms with van der Waals surface area (Å²) in [6.45, 7) is -1.39. The molecule has 0 saturated heterocycles. The van der Waals surface area contributed by atoms with Crippen LogP contribution in [0.15, 0.2) is 12.4 Å². The Bertz CT molecular complexity index is 351. The highest BCUT2D eigenvalue weighted by Gasteiger charge is 2.27. The summed E-state index contributed by atoms with van der Waals surface area (Å²) in [6.07, 6.45) is -2.36. The standard InChI is InChI=1S/C7H5ClF3N3O/c8-6-12-1-4(2-13-6)5(15)14-3-7(9,10)11/h1-2H,3H2,(H,14,15). The zero-order chi connectivity index (χ0) is 11.5. The van der Waals surface area contributed by atoms with Gasteiger partial charge < -0.3 is 5.32 Å². The van der Waals surface area contributed by atoms with E-state index >= 15 is 0 Å². The molecule has 0 fully saturated rings. The van der Waals surface area contributed by atoms with Gasteiger partial charge in [-0.3, -0.25) is 4.79 Å². The summed E-state index contributed by atoms with van der Waals surface area (Å²) in [5, 5.41) is 1.59. The van der Waals surface area contributed by atoms with Crippen molar-refractivity contribution in [3.63, 3.8) is 0 Å². The molecule has 0 spiro atoms. The number of carbonyl (C=O) groups excluding carboxylic acids is 1. The number of alkyl halides is 3. The Morgan fingerprint density at radius 1 is 1.40 bits per heavy atom. The van der Waals surface area contributed by atoms with E-state index in [1.54, 1.807) is 5.32 Å². The molecule has 4 nitrogen and oxygen atoms in total. The van der Waals surface area contributed by atoms with E-state index in [1.165, 1.54) is 0 Å². The van der Waals surface area contributed by atoms with Gasteiger partial charge in [0.25, 0.3) is 5.91 Å². The number of nitrogens with one attached hydrogen (secondary N) is 1. The minimum Gasteiger partial charge on any atom is -0.343 e. The van der Waals surface area contributed by atoms with Crippen molar-refractivity contribution in [1.29, 1.82) is 0 Å². The van der Waals surface area contributed by atoms with Crippen molar-refractivity contribution in [2.75, 3.05) is 6.54 Å². The van der Waals surface area contributed by atoms with Crippen LogP contribution in [0.2, 0.25) is 5.28 Å². The van der Waals surface area contributed by atoms with Crippen LogP contribution in [0.25, 0.3) is 0 Å². The Labute approximate surface area is 87.5 Å². The molecule has 1 rings (SSSR count). The van der Waals surface area contributed by atoms with Crippen molar-refractivity contribution in [3.05, 3.63) is 23.2 Å². The molecule has 15 heavy (non-hydrogen) atoms. The minimum absolute atomic E-state index is 0.0800. The van der Waals surface area contributed by atoms with E-state index in [9.17, 15) is 18.0 Å². The Balaban J connectivity index is 2.58. The fourth-order valence-corrected chi connectivity index (χ4v) is 0.810. The molecule has 8 heteroatoms. The molecular formula is C7H5ClF3N3O. The molecule has 0 bridgehead atoms. The van der Waals surface area contributed by atoms with Gasteiger partial charge in [-0.15, -0.1) is 0 Å². The van der Waals surface area contributed by atoms with Gasteiger partial charge >= 0.3 is 6.18 Å². The summed E-state index contributed by atoms with van der Waals surface area (Å²) in [7, 11) is 0. The Morgan fingerprint density at radius 2 is 1.93 bits per heavy atom. The van der Waals surface area contributed by atoms with Gasteiger partial charge in [0.1, 0.15) is 6.54 Å². The normalized spacial score (nSPS) is 11.2. The second-order valence-electron chi connectivity index (χ2n) is 2.54. The Kier molecular flexibility index (Phi) is 3.46. The van der Waals surface area contributed by atoms with Gasteiger partial charge in [0.15, 0.2) is 0 Å². The molecular weight excluding hydrogens is 235 g/mol. The van der Waals surface area contributed by atoms with Crippen LogP contribution in [0, 0.1) is 0 Å². The number of hydrogen-bond acceptors (Lipinski definition) is 3. The first-order valence-electron chi connectivity index (χ1n) is 3.71. The van der Waals surface area contributed by atoms with E-state index in [-0.39, 0.29) is 10.8 Å². The lowest BCUT2D eigenvalue weighted by atomic mass is 10.3. The molecule has 0 unspecified atom stereocenters. The van der Waals surface area contributed by atoms with Crippen molar-refractivity contribution < 1.29 is 18.0 Å². The Morgan fingerprint density at radius 3 is 2.40 bits per heavy atom. The highest BCUT2D eigenvalue weighted by Crippen LogP contribution is 2.12. The van der Waals surface area contributed by atoms with Gasteiger partial charge in [0.05, 0.1) is 5.56 Å². The van der Waals surface area contributed by atoms with Crippen molar-refractivity contribution in [2.45, 2.75) is 6.18 Å². The predicted octanol–water partition coefficient (Wildman–Crippen LogP) is 1.42. The number of carbonyl (C=O) groups is 1. The molecule has 0 aromatic carbocycles. The van der Waals surface area contributed by atoms with Crippen LogP contribution >= 0.6 is 11.6 Å². The zero-order valence-electron chi connectivity index (χ0n) is 7.18. The zero-order valence-corrected chi connectivity index (χ0v) is 7.93. The summed E-state index contributed by atoms with van der Waals surface area (Å²) in [4.78, 5) is 18.0. The lowest BCUT2D eigenvalue weighted by Gasteiger charge is -2.07. The maximum absolute atomic E-state index is 11.7. The highest BCUT2D eigenvalue weighted by atomic mass is 35.5. The van der Waals surface area contributed by atoms with E-state index < -0.39 is 18.6 Å². The lowest BCUT2D eigenvalue weighted by molar-refractivity contribution is -0.123. The number of hydrogen-bond donors (Lipinski definition) is 1. The Hall–Kier alpha value is -1.37. The number of nitrogens with zero attached hydrogens (tertiary/aromatic N) is 2.